The van der Waals surface area contributed by atoms with Crippen molar-refractivity contribution in [3.05, 3.63) is 285 Å². The Bertz CT molecular complexity index is 3900. The van der Waals surface area contributed by atoms with Crippen molar-refractivity contribution in [2.75, 3.05) is 4.90 Å². The fraction of sp³-hybridized carbons (Fsp3) is 0.0278. The Labute approximate surface area is 438 Å². The van der Waals surface area contributed by atoms with Crippen molar-refractivity contribution in [2.24, 2.45) is 0 Å². The molecular weight excluding hydrogens is 907 g/mol. The zero-order valence-electron chi connectivity index (χ0n) is 42.1. The van der Waals surface area contributed by atoms with Crippen LogP contribution in [0, 0.1) is 0 Å². The van der Waals surface area contributed by atoms with Gasteiger partial charge in [-0.15, -0.1) is 0 Å². The van der Waals surface area contributed by atoms with Crippen molar-refractivity contribution in [2.45, 2.75) is 13.8 Å². The second kappa shape index (κ2) is 18.7. The van der Waals surface area contributed by atoms with E-state index >= 15 is 0 Å². The van der Waals surface area contributed by atoms with Crippen molar-refractivity contribution < 1.29 is 0 Å². The molecule has 0 spiro atoms. The van der Waals surface area contributed by atoms with Crippen LogP contribution in [0.15, 0.2) is 274 Å². The maximum Gasteiger partial charge on any atom is 0.0541 e. The van der Waals surface area contributed by atoms with E-state index in [2.05, 4.69) is 302 Å². The van der Waals surface area contributed by atoms with Crippen LogP contribution in [0.1, 0.15) is 25.0 Å². The standard InChI is InChI=1S/C72H53N3/c1-48(2)50-21-25-56(26-22-50)58-45-59(57-27-23-51(24-28-57)49(3)4)47-64(46-58)73(60-37-29-52(30-38-60)54-33-41-62(42-34-54)74-69-17-9-5-13-65(69)66-14-6-10-18-70(66)74)61-39-31-53(32-40-61)55-35-43-63(44-36-55)75-71-19-11-7-15-67(71)68-16-8-12-20-72(68)75/h5-47H,1,3H2,2,4H3. The van der Waals surface area contributed by atoms with E-state index in [1.165, 1.54) is 43.6 Å². The van der Waals surface area contributed by atoms with Gasteiger partial charge in [0.15, 0.2) is 0 Å². The van der Waals surface area contributed by atoms with E-state index in [9.17, 15) is 0 Å². The van der Waals surface area contributed by atoms with Crippen molar-refractivity contribution >= 4 is 71.8 Å². The maximum atomic E-state index is 4.21. The minimum Gasteiger partial charge on any atom is -0.310 e. The minimum absolute atomic E-state index is 1.05. The lowest BCUT2D eigenvalue weighted by atomic mass is 9.95. The van der Waals surface area contributed by atoms with E-state index in [4.69, 9.17) is 0 Å². The fourth-order valence-electron chi connectivity index (χ4n) is 11.0. The van der Waals surface area contributed by atoms with E-state index in [0.717, 1.165) is 95.2 Å². The third-order valence-corrected chi connectivity index (χ3v) is 14.9. The van der Waals surface area contributed by atoms with Gasteiger partial charge in [0.05, 0.1) is 22.1 Å². The highest BCUT2D eigenvalue weighted by molar-refractivity contribution is 6.10. The second-order valence-electron chi connectivity index (χ2n) is 19.7. The molecule has 2 aromatic heterocycles. The first-order valence-corrected chi connectivity index (χ1v) is 25.7. The van der Waals surface area contributed by atoms with Crippen LogP contribution < -0.4 is 4.90 Å². The van der Waals surface area contributed by atoms with Crippen LogP contribution >= 0.6 is 0 Å². The van der Waals surface area contributed by atoms with Crippen molar-refractivity contribution in [1.82, 2.24) is 9.13 Å². The van der Waals surface area contributed by atoms with Gasteiger partial charge in [0, 0.05) is 50.0 Å². The molecule has 75 heavy (non-hydrogen) atoms. The molecule has 0 bridgehead atoms. The summed E-state index contributed by atoms with van der Waals surface area (Å²) in [5.74, 6) is 0. The van der Waals surface area contributed by atoms with Gasteiger partial charge in [-0.2, -0.15) is 0 Å². The van der Waals surface area contributed by atoms with Gasteiger partial charge in [0.1, 0.15) is 0 Å². The number of hydrogen-bond acceptors (Lipinski definition) is 1. The van der Waals surface area contributed by atoms with E-state index in [-0.39, 0.29) is 0 Å². The average Bonchev–Trinajstić information content (AvgIpc) is 3.99. The van der Waals surface area contributed by atoms with Gasteiger partial charge >= 0.3 is 0 Å². The lowest BCUT2D eigenvalue weighted by molar-refractivity contribution is 1.18. The highest BCUT2D eigenvalue weighted by Gasteiger charge is 2.19. The van der Waals surface area contributed by atoms with Gasteiger partial charge in [-0.25, -0.2) is 0 Å². The van der Waals surface area contributed by atoms with E-state index in [1.54, 1.807) is 0 Å². The number of rotatable bonds is 11. The number of nitrogens with zero attached hydrogens (tertiary/aromatic N) is 3. The fourth-order valence-corrected chi connectivity index (χ4v) is 11.0. The molecule has 13 aromatic rings. The summed E-state index contributed by atoms with van der Waals surface area (Å²) in [4.78, 5) is 2.39. The van der Waals surface area contributed by atoms with Gasteiger partial charge in [0.2, 0.25) is 0 Å². The zero-order valence-corrected chi connectivity index (χ0v) is 42.1. The molecule has 0 radical (unpaired) electrons. The number of hydrogen-bond donors (Lipinski definition) is 0. The maximum absolute atomic E-state index is 4.21. The van der Waals surface area contributed by atoms with Crippen molar-refractivity contribution in [1.29, 1.82) is 0 Å². The topological polar surface area (TPSA) is 13.1 Å². The number of benzene rings is 11. The predicted molar refractivity (Wildman–Crippen MR) is 321 cm³/mol. The summed E-state index contributed by atoms with van der Waals surface area (Å²) < 4.78 is 4.74. The Morgan fingerprint density at radius 3 is 0.853 bits per heavy atom. The number of allylic oxidation sites excluding steroid dienone is 2. The second-order valence-corrected chi connectivity index (χ2v) is 19.7. The molecule has 13 rings (SSSR count). The first-order chi connectivity index (χ1) is 36.8. The number of aromatic nitrogens is 2. The number of para-hydroxylation sites is 4. The molecule has 3 heteroatoms. The molecule has 3 nitrogen and oxygen atoms in total. The minimum atomic E-state index is 1.05. The van der Waals surface area contributed by atoms with Gasteiger partial charge in [-0.3, -0.25) is 0 Å². The first-order valence-electron chi connectivity index (χ1n) is 25.7. The molecule has 0 aliphatic carbocycles. The lowest BCUT2D eigenvalue weighted by Gasteiger charge is -2.27. The molecule has 0 N–H and O–H groups in total. The molecule has 0 amide bonds. The van der Waals surface area contributed by atoms with Crippen molar-refractivity contribution in [3.8, 4) is 55.9 Å². The highest BCUT2D eigenvalue weighted by atomic mass is 15.1. The molecule has 0 saturated carbocycles. The number of anilines is 3. The molecular formula is C72H53N3. The van der Waals surface area contributed by atoms with E-state index in [1.807, 2.05) is 0 Å². The normalized spacial score (nSPS) is 11.4. The first kappa shape index (κ1) is 45.2. The van der Waals surface area contributed by atoms with Crippen LogP contribution in [-0.4, -0.2) is 9.13 Å². The van der Waals surface area contributed by atoms with Gasteiger partial charge in [-0.05, 0) is 160 Å². The third kappa shape index (κ3) is 8.21. The predicted octanol–water partition coefficient (Wildman–Crippen LogP) is 20.1. The van der Waals surface area contributed by atoms with Gasteiger partial charge in [0.25, 0.3) is 0 Å². The molecule has 11 aromatic carbocycles. The Morgan fingerprint density at radius 2 is 0.547 bits per heavy atom. The van der Waals surface area contributed by atoms with Crippen LogP contribution in [-0.2, 0) is 0 Å². The molecule has 2 heterocycles. The van der Waals surface area contributed by atoms with Crippen LogP contribution in [0.3, 0.4) is 0 Å². The van der Waals surface area contributed by atoms with Crippen LogP contribution in [0.5, 0.6) is 0 Å². The molecule has 0 unspecified atom stereocenters. The summed E-state index contributed by atoms with van der Waals surface area (Å²) in [6, 6.07) is 95.2. The van der Waals surface area contributed by atoms with E-state index in [0.29, 0.717) is 0 Å². The van der Waals surface area contributed by atoms with Crippen LogP contribution in [0.2, 0.25) is 0 Å². The Hall–Kier alpha value is -9.70. The monoisotopic (exact) mass is 959 g/mol. The molecule has 0 atom stereocenters. The Morgan fingerprint density at radius 1 is 0.280 bits per heavy atom. The zero-order chi connectivity index (χ0) is 50.6. The molecule has 0 fully saturated rings. The summed E-state index contributed by atoms with van der Waals surface area (Å²) in [5, 5.41) is 5.04. The Balaban J connectivity index is 0.895. The van der Waals surface area contributed by atoms with Crippen LogP contribution in [0.25, 0.3) is 111 Å². The summed E-state index contributed by atoms with van der Waals surface area (Å²) in [6.45, 7) is 12.5. The van der Waals surface area contributed by atoms with Crippen molar-refractivity contribution in [3.63, 3.8) is 0 Å². The number of fused-ring (bicyclic) bond motifs is 6. The smallest absolute Gasteiger partial charge is 0.0541 e. The lowest BCUT2D eigenvalue weighted by Crippen LogP contribution is -2.10. The molecule has 0 saturated heterocycles. The quantitative estimate of drug-likeness (QED) is 0.126. The summed E-state index contributed by atoms with van der Waals surface area (Å²) >= 11 is 0. The SMILES string of the molecule is C=C(C)c1ccc(-c2cc(-c3ccc(C(=C)C)cc3)cc(N(c3ccc(-c4ccc(-n5c6ccccc6c6ccccc65)cc4)cc3)c3ccc(-c4ccc(-n5c6ccccc6c6ccccc65)cc4)cc3)c2)cc1. The largest absolute Gasteiger partial charge is 0.310 e. The Kier molecular flexibility index (Phi) is 11.3. The molecule has 0 aliphatic rings. The van der Waals surface area contributed by atoms with Crippen LogP contribution in [0.4, 0.5) is 17.1 Å². The van der Waals surface area contributed by atoms with Gasteiger partial charge in [-0.1, -0.05) is 194 Å². The summed E-state index contributed by atoms with van der Waals surface area (Å²) in [5.41, 5.74) is 23.8. The summed E-state index contributed by atoms with van der Waals surface area (Å²) in [6.07, 6.45) is 0. The highest BCUT2D eigenvalue weighted by Crippen LogP contribution is 2.42. The summed E-state index contributed by atoms with van der Waals surface area (Å²) in [7, 11) is 0. The van der Waals surface area contributed by atoms with E-state index < -0.39 is 0 Å². The van der Waals surface area contributed by atoms with Gasteiger partial charge < -0.3 is 14.0 Å². The average molecular weight is 960 g/mol. The molecule has 0 aliphatic heterocycles. The third-order valence-electron chi connectivity index (χ3n) is 14.9. The molecule has 356 valence electrons.